The summed E-state index contributed by atoms with van der Waals surface area (Å²) in [6, 6.07) is 0. The molecule has 3 heteroatoms. The summed E-state index contributed by atoms with van der Waals surface area (Å²) in [7, 11) is 0. The van der Waals surface area contributed by atoms with Crippen LogP contribution in [-0.4, -0.2) is 17.3 Å². The van der Waals surface area contributed by atoms with Gasteiger partial charge in [-0.25, -0.2) is 0 Å². The zero-order valence-corrected chi connectivity index (χ0v) is 12.7. The molecule has 108 valence electrons. The zero-order chi connectivity index (χ0) is 14.7. The van der Waals surface area contributed by atoms with Gasteiger partial charge in [0.2, 0.25) is 0 Å². The topological polar surface area (TPSA) is 51.2 Å². The minimum Gasteiger partial charge on any atom is -0.300 e. The van der Waals surface area contributed by atoms with Gasteiger partial charge in [-0.1, -0.05) is 13.8 Å². The second-order valence-electron chi connectivity index (χ2n) is 6.42. The average Bonchev–Trinajstić information content (AvgIpc) is 2.59. The van der Waals surface area contributed by atoms with Gasteiger partial charge in [0.05, 0.1) is 0 Å². The molecule has 0 unspecified atom stereocenters. The van der Waals surface area contributed by atoms with Crippen LogP contribution in [0.5, 0.6) is 0 Å². The van der Waals surface area contributed by atoms with E-state index in [0.717, 1.165) is 12.8 Å². The fraction of sp³-hybridized carbons (Fsp3) is 0.812. The summed E-state index contributed by atoms with van der Waals surface area (Å²) < 4.78 is 0. The number of carbonyl (C=O) groups is 3. The van der Waals surface area contributed by atoms with E-state index in [4.69, 9.17) is 0 Å². The van der Waals surface area contributed by atoms with E-state index in [0.29, 0.717) is 6.42 Å². The lowest BCUT2D eigenvalue weighted by atomic mass is 9.72. The first-order valence-corrected chi connectivity index (χ1v) is 7.26. The first kappa shape index (κ1) is 16.1. The van der Waals surface area contributed by atoms with Crippen molar-refractivity contribution in [1.29, 1.82) is 0 Å². The molecule has 0 radical (unpaired) electrons. The SMILES string of the molecule is CC(=O)C[C@H]1CC[C@H]([C@@H](C(C)=O)C(C)C)[C@H]1C(C)=O. The standard InChI is InChI=1S/C16H26O3/c1-9(2)15(11(4)18)14-7-6-13(8-10(3)17)16(14)12(5)19/h9,13-16H,6-8H2,1-5H3/t13-,14-,15-,16+/m1/s1. The van der Waals surface area contributed by atoms with Crippen LogP contribution in [-0.2, 0) is 14.4 Å². The first-order valence-electron chi connectivity index (χ1n) is 7.26. The van der Waals surface area contributed by atoms with Crippen molar-refractivity contribution in [3.63, 3.8) is 0 Å². The molecule has 1 aliphatic carbocycles. The number of carbonyl (C=O) groups excluding carboxylic acids is 3. The maximum Gasteiger partial charge on any atom is 0.133 e. The molecule has 1 rings (SSSR count). The van der Waals surface area contributed by atoms with Gasteiger partial charge in [0.25, 0.3) is 0 Å². The third-order valence-corrected chi connectivity index (χ3v) is 4.51. The predicted molar refractivity (Wildman–Crippen MR) is 74.7 cm³/mol. The average molecular weight is 266 g/mol. The maximum atomic E-state index is 12.0. The summed E-state index contributed by atoms with van der Waals surface area (Å²) in [6.45, 7) is 8.90. The third-order valence-electron chi connectivity index (χ3n) is 4.51. The van der Waals surface area contributed by atoms with Crippen molar-refractivity contribution in [3.05, 3.63) is 0 Å². The van der Waals surface area contributed by atoms with Gasteiger partial charge in [-0.15, -0.1) is 0 Å². The van der Waals surface area contributed by atoms with Crippen LogP contribution in [0.4, 0.5) is 0 Å². The van der Waals surface area contributed by atoms with Gasteiger partial charge in [0.1, 0.15) is 17.3 Å². The number of Topliss-reactive ketones (excluding diaryl/α,β-unsaturated/α-hetero) is 3. The highest BCUT2D eigenvalue weighted by atomic mass is 16.1. The van der Waals surface area contributed by atoms with E-state index in [1.165, 1.54) is 0 Å². The highest BCUT2D eigenvalue weighted by molar-refractivity contribution is 5.84. The maximum absolute atomic E-state index is 12.0. The molecule has 19 heavy (non-hydrogen) atoms. The highest BCUT2D eigenvalue weighted by Gasteiger charge is 2.45. The molecular weight excluding hydrogens is 240 g/mol. The normalized spacial score (nSPS) is 28.4. The smallest absolute Gasteiger partial charge is 0.133 e. The molecule has 0 aliphatic heterocycles. The molecule has 3 nitrogen and oxygen atoms in total. The lowest BCUT2D eigenvalue weighted by molar-refractivity contribution is -0.128. The van der Waals surface area contributed by atoms with Crippen molar-refractivity contribution in [3.8, 4) is 0 Å². The molecule has 0 spiro atoms. The van der Waals surface area contributed by atoms with Gasteiger partial charge in [-0.3, -0.25) is 9.59 Å². The molecule has 0 saturated heterocycles. The largest absolute Gasteiger partial charge is 0.300 e. The van der Waals surface area contributed by atoms with Gasteiger partial charge in [-0.05, 0) is 51.4 Å². The second-order valence-corrected chi connectivity index (χ2v) is 6.42. The Morgan fingerprint density at radius 2 is 1.63 bits per heavy atom. The summed E-state index contributed by atoms with van der Waals surface area (Å²) in [5, 5.41) is 0. The van der Waals surface area contributed by atoms with Crippen LogP contribution >= 0.6 is 0 Å². The molecule has 0 aromatic heterocycles. The van der Waals surface area contributed by atoms with Crippen LogP contribution in [0, 0.1) is 29.6 Å². The lowest BCUT2D eigenvalue weighted by Gasteiger charge is -2.30. The number of rotatable bonds is 6. The Hall–Kier alpha value is -0.990. The van der Waals surface area contributed by atoms with E-state index >= 15 is 0 Å². The predicted octanol–water partition coefficient (Wildman–Crippen LogP) is 3.06. The minimum absolute atomic E-state index is 0.0501. The summed E-state index contributed by atoms with van der Waals surface area (Å²) in [5.74, 6) is 0.808. The molecule has 1 fully saturated rings. The fourth-order valence-corrected chi connectivity index (χ4v) is 4.02. The van der Waals surface area contributed by atoms with Gasteiger partial charge in [0, 0.05) is 18.3 Å². The summed E-state index contributed by atoms with van der Waals surface area (Å²) >= 11 is 0. The van der Waals surface area contributed by atoms with Crippen molar-refractivity contribution >= 4 is 17.3 Å². The molecule has 0 N–H and O–H groups in total. The number of hydrogen-bond donors (Lipinski definition) is 0. The Kier molecular flexibility index (Phi) is 5.45. The quantitative estimate of drug-likeness (QED) is 0.742. The van der Waals surface area contributed by atoms with Crippen molar-refractivity contribution < 1.29 is 14.4 Å². The summed E-state index contributed by atoms with van der Waals surface area (Å²) in [5.41, 5.74) is 0. The molecule has 0 heterocycles. The Labute approximate surface area is 116 Å². The van der Waals surface area contributed by atoms with Crippen LogP contribution in [0.15, 0.2) is 0 Å². The summed E-state index contributed by atoms with van der Waals surface area (Å²) in [6.07, 6.45) is 2.26. The van der Waals surface area contributed by atoms with Crippen LogP contribution in [0.3, 0.4) is 0 Å². The molecule has 0 aromatic rings. The zero-order valence-electron chi connectivity index (χ0n) is 12.7. The van der Waals surface area contributed by atoms with Crippen molar-refractivity contribution in [1.82, 2.24) is 0 Å². The Morgan fingerprint density at radius 3 is 2.00 bits per heavy atom. The van der Waals surface area contributed by atoms with Gasteiger partial charge in [0.15, 0.2) is 0 Å². The molecule has 1 aliphatic rings. The Morgan fingerprint density at radius 1 is 1.05 bits per heavy atom. The van der Waals surface area contributed by atoms with Crippen molar-refractivity contribution in [2.45, 2.75) is 53.9 Å². The van der Waals surface area contributed by atoms with E-state index < -0.39 is 0 Å². The highest BCUT2D eigenvalue weighted by Crippen LogP contribution is 2.45. The van der Waals surface area contributed by atoms with E-state index in [-0.39, 0.29) is 46.9 Å². The lowest BCUT2D eigenvalue weighted by Crippen LogP contribution is -2.34. The van der Waals surface area contributed by atoms with Crippen molar-refractivity contribution in [2.75, 3.05) is 0 Å². The third kappa shape index (κ3) is 3.74. The van der Waals surface area contributed by atoms with Gasteiger partial charge in [-0.2, -0.15) is 0 Å². The molecule has 0 amide bonds. The second kappa shape index (κ2) is 6.44. The van der Waals surface area contributed by atoms with Gasteiger partial charge >= 0.3 is 0 Å². The fourth-order valence-electron chi connectivity index (χ4n) is 4.02. The molecular formula is C16H26O3. The number of ketones is 3. The molecule has 1 saturated carbocycles. The van der Waals surface area contributed by atoms with Crippen molar-refractivity contribution in [2.24, 2.45) is 29.6 Å². The first-order chi connectivity index (χ1) is 8.75. The molecule has 0 bridgehead atoms. The van der Waals surface area contributed by atoms with Gasteiger partial charge < -0.3 is 4.79 Å². The van der Waals surface area contributed by atoms with Crippen LogP contribution in [0.1, 0.15) is 53.9 Å². The summed E-state index contributed by atoms with van der Waals surface area (Å²) in [4.78, 5) is 35.2. The molecule has 4 atom stereocenters. The van der Waals surface area contributed by atoms with E-state index in [9.17, 15) is 14.4 Å². The Bertz CT molecular complexity index is 370. The Balaban J connectivity index is 2.97. The monoisotopic (exact) mass is 266 g/mol. The molecule has 0 aromatic carbocycles. The minimum atomic E-state index is -0.111. The number of hydrogen-bond acceptors (Lipinski definition) is 3. The van der Waals surface area contributed by atoms with Crippen LogP contribution in [0.2, 0.25) is 0 Å². The van der Waals surface area contributed by atoms with E-state index in [2.05, 4.69) is 0 Å². The van der Waals surface area contributed by atoms with Crippen LogP contribution in [0.25, 0.3) is 0 Å². The van der Waals surface area contributed by atoms with Crippen LogP contribution < -0.4 is 0 Å². The van der Waals surface area contributed by atoms with E-state index in [1.54, 1.807) is 20.8 Å². The van der Waals surface area contributed by atoms with E-state index in [1.807, 2.05) is 13.8 Å².